The van der Waals surface area contributed by atoms with E-state index in [2.05, 4.69) is 9.97 Å². The van der Waals surface area contributed by atoms with E-state index in [0.717, 1.165) is 16.6 Å². The predicted octanol–water partition coefficient (Wildman–Crippen LogP) is 4.75. The number of fused-ring (bicyclic) bond motifs is 1. The molecule has 0 bridgehead atoms. The Balaban J connectivity index is 1.98. The standard InChI is InChI=1S/C19H13Cl2N3O/c20-14-6-3-7-15(21)13(14)11-24-17-9-2-1-8-16(17)23-18(24)12-5-4-10-22-19(12)25/h1-10H,11H2,(H,22,25). The van der Waals surface area contributed by atoms with Crippen LogP contribution in [0.4, 0.5) is 0 Å². The molecule has 4 nitrogen and oxygen atoms in total. The van der Waals surface area contributed by atoms with Crippen LogP contribution >= 0.6 is 23.2 Å². The van der Waals surface area contributed by atoms with Crippen LogP contribution < -0.4 is 5.56 Å². The van der Waals surface area contributed by atoms with E-state index in [4.69, 9.17) is 23.2 Å². The molecule has 0 unspecified atom stereocenters. The summed E-state index contributed by atoms with van der Waals surface area (Å²) in [6, 6.07) is 16.7. The third-order valence-electron chi connectivity index (χ3n) is 4.09. The molecule has 2 heterocycles. The quantitative estimate of drug-likeness (QED) is 0.566. The number of benzene rings is 2. The molecule has 0 aliphatic rings. The molecule has 1 N–H and O–H groups in total. The highest BCUT2D eigenvalue weighted by atomic mass is 35.5. The molecule has 0 saturated heterocycles. The van der Waals surface area contributed by atoms with Gasteiger partial charge in [-0.05, 0) is 36.4 Å². The van der Waals surface area contributed by atoms with Gasteiger partial charge in [0.25, 0.3) is 5.56 Å². The molecule has 0 atom stereocenters. The Morgan fingerprint density at radius 2 is 1.72 bits per heavy atom. The van der Waals surface area contributed by atoms with Gasteiger partial charge in [0, 0.05) is 21.8 Å². The normalized spacial score (nSPS) is 11.1. The lowest BCUT2D eigenvalue weighted by Crippen LogP contribution is -2.12. The van der Waals surface area contributed by atoms with Crippen LogP contribution in [0.3, 0.4) is 0 Å². The van der Waals surface area contributed by atoms with Crippen LogP contribution in [0.1, 0.15) is 5.56 Å². The molecule has 0 amide bonds. The van der Waals surface area contributed by atoms with Crippen molar-refractivity contribution in [2.45, 2.75) is 6.54 Å². The largest absolute Gasteiger partial charge is 0.328 e. The third kappa shape index (κ3) is 2.84. The molecule has 0 aliphatic heterocycles. The van der Waals surface area contributed by atoms with E-state index in [1.54, 1.807) is 30.5 Å². The molecule has 25 heavy (non-hydrogen) atoms. The van der Waals surface area contributed by atoms with Crippen LogP contribution in [0.25, 0.3) is 22.4 Å². The number of H-pyrrole nitrogens is 1. The molecule has 0 radical (unpaired) electrons. The lowest BCUT2D eigenvalue weighted by atomic mass is 10.2. The summed E-state index contributed by atoms with van der Waals surface area (Å²) in [7, 11) is 0. The summed E-state index contributed by atoms with van der Waals surface area (Å²) in [6.45, 7) is 0.419. The number of nitrogens with zero attached hydrogens (tertiary/aromatic N) is 2. The average Bonchev–Trinajstić information content (AvgIpc) is 2.97. The SMILES string of the molecule is O=c1[nH]cccc1-c1nc2ccccc2n1Cc1c(Cl)cccc1Cl. The number of aromatic nitrogens is 3. The molecule has 2 aromatic heterocycles. The number of para-hydroxylation sites is 2. The second kappa shape index (κ2) is 6.39. The fraction of sp³-hybridized carbons (Fsp3) is 0.0526. The zero-order chi connectivity index (χ0) is 17.4. The second-order valence-electron chi connectivity index (χ2n) is 5.62. The highest BCUT2D eigenvalue weighted by molar-refractivity contribution is 6.36. The summed E-state index contributed by atoms with van der Waals surface area (Å²) in [5.41, 5.74) is 2.83. The van der Waals surface area contributed by atoms with E-state index in [9.17, 15) is 4.79 Å². The molecular weight excluding hydrogens is 357 g/mol. The molecule has 6 heteroatoms. The average molecular weight is 370 g/mol. The fourth-order valence-corrected chi connectivity index (χ4v) is 3.40. The van der Waals surface area contributed by atoms with Crippen LogP contribution in [-0.2, 0) is 6.54 Å². The lowest BCUT2D eigenvalue weighted by molar-refractivity contribution is 0.833. The Kier molecular flexibility index (Phi) is 4.07. The zero-order valence-electron chi connectivity index (χ0n) is 13.0. The number of rotatable bonds is 3. The van der Waals surface area contributed by atoms with Gasteiger partial charge in [0.2, 0.25) is 0 Å². The van der Waals surface area contributed by atoms with Crippen molar-refractivity contribution < 1.29 is 0 Å². The Labute approximate surface area is 153 Å². The van der Waals surface area contributed by atoms with Gasteiger partial charge < -0.3 is 9.55 Å². The van der Waals surface area contributed by atoms with Gasteiger partial charge in [0.05, 0.1) is 23.1 Å². The molecule has 2 aromatic carbocycles. The topological polar surface area (TPSA) is 50.7 Å². The molecule has 0 fully saturated rings. The van der Waals surface area contributed by atoms with Gasteiger partial charge in [-0.15, -0.1) is 0 Å². The van der Waals surface area contributed by atoms with Gasteiger partial charge in [-0.1, -0.05) is 41.4 Å². The molecule has 0 spiro atoms. The van der Waals surface area contributed by atoms with Gasteiger partial charge in [0.1, 0.15) is 5.82 Å². The van der Waals surface area contributed by atoms with Gasteiger partial charge in [-0.2, -0.15) is 0 Å². The monoisotopic (exact) mass is 369 g/mol. The summed E-state index contributed by atoms with van der Waals surface area (Å²) >= 11 is 12.7. The summed E-state index contributed by atoms with van der Waals surface area (Å²) in [5.74, 6) is 0.582. The third-order valence-corrected chi connectivity index (χ3v) is 4.80. The summed E-state index contributed by atoms with van der Waals surface area (Å²) < 4.78 is 1.97. The van der Waals surface area contributed by atoms with Crippen molar-refractivity contribution in [3.63, 3.8) is 0 Å². The first-order valence-corrected chi connectivity index (χ1v) is 8.47. The smallest absolute Gasteiger partial charge is 0.258 e. The molecule has 124 valence electrons. The Morgan fingerprint density at radius 1 is 0.960 bits per heavy atom. The van der Waals surface area contributed by atoms with Gasteiger partial charge in [-0.25, -0.2) is 4.98 Å². The molecule has 0 saturated carbocycles. The first kappa shape index (κ1) is 15.9. The van der Waals surface area contributed by atoms with Crippen molar-refractivity contribution >= 4 is 34.2 Å². The Hall–Kier alpha value is -2.56. The minimum Gasteiger partial charge on any atom is -0.328 e. The predicted molar refractivity (Wildman–Crippen MR) is 101 cm³/mol. The highest BCUT2D eigenvalue weighted by Crippen LogP contribution is 2.29. The maximum absolute atomic E-state index is 12.3. The van der Waals surface area contributed by atoms with Crippen molar-refractivity contribution in [3.8, 4) is 11.4 Å². The van der Waals surface area contributed by atoms with Crippen molar-refractivity contribution in [2.24, 2.45) is 0 Å². The van der Waals surface area contributed by atoms with E-state index in [-0.39, 0.29) is 5.56 Å². The number of pyridine rings is 1. The number of nitrogens with one attached hydrogen (secondary N) is 1. The van der Waals surface area contributed by atoms with Crippen LogP contribution in [0.5, 0.6) is 0 Å². The number of halogens is 2. The highest BCUT2D eigenvalue weighted by Gasteiger charge is 2.17. The molecular formula is C19H13Cl2N3O. The van der Waals surface area contributed by atoms with Crippen molar-refractivity contribution in [3.05, 3.63) is 86.8 Å². The number of hydrogen-bond donors (Lipinski definition) is 1. The van der Waals surface area contributed by atoms with E-state index in [0.29, 0.717) is 28.0 Å². The lowest BCUT2D eigenvalue weighted by Gasteiger charge is -2.12. The fourth-order valence-electron chi connectivity index (χ4n) is 2.88. The van der Waals surface area contributed by atoms with Gasteiger partial charge in [0.15, 0.2) is 0 Å². The van der Waals surface area contributed by atoms with Crippen LogP contribution in [0.2, 0.25) is 10.0 Å². The van der Waals surface area contributed by atoms with Crippen molar-refractivity contribution in [1.29, 1.82) is 0 Å². The molecule has 4 aromatic rings. The Morgan fingerprint density at radius 3 is 2.48 bits per heavy atom. The number of aromatic amines is 1. The summed E-state index contributed by atoms with van der Waals surface area (Å²) in [5, 5.41) is 1.16. The minimum absolute atomic E-state index is 0.190. The number of hydrogen-bond acceptors (Lipinski definition) is 2. The van der Waals surface area contributed by atoms with E-state index in [1.165, 1.54) is 0 Å². The van der Waals surface area contributed by atoms with Crippen LogP contribution in [-0.4, -0.2) is 14.5 Å². The molecule has 0 aliphatic carbocycles. The second-order valence-corrected chi connectivity index (χ2v) is 6.44. The zero-order valence-corrected chi connectivity index (χ0v) is 14.6. The maximum Gasteiger partial charge on any atom is 0.258 e. The first-order chi connectivity index (χ1) is 12.1. The van der Waals surface area contributed by atoms with Gasteiger partial charge in [-0.3, -0.25) is 4.79 Å². The van der Waals surface area contributed by atoms with E-state index < -0.39 is 0 Å². The van der Waals surface area contributed by atoms with Crippen molar-refractivity contribution in [2.75, 3.05) is 0 Å². The van der Waals surface area contributed by atoms with Crippen LogP contribution in [0, 0.1) is 0 Å². The van der Waals surface area contributed by atoms with Crippen molar-refractivity contribution in [1.82, 2.24) is 14.5 Å². The van der Waals surface area contributed by atoms with E-state index in [1.807, 2.05) is 34.9 Å². The summed E-state index contributed by atoms with van der Waals surface area (Å²) in [6.07, 6.45) is 1.60. The minimum atomic E-state index is -0.190. The summed E-state index contributed by atoms with van der Waals surface area (Å²) in [4.78, 5) is 19.6. The molecule has 4 rings (SSSR count). The van der Waals surface area contributed by atoms with Gasteiger partial charge >= 0.3 is 0 Å². The maximum atomic E-state index is 12.3. The first-order valence-electron chi connectivity index (χ1n) is 7.71. The Bertz CT molecular complexity index is 1110. The number of imidazole rings is 1. The van der Waals surface area contributed by atoms with E-state index >= 15 is 0 Å². The van der Waals surface area contributed by atoms with Crippen LogP contribution in [0.15, 0.2) is 65.6 Å².